The van der Waals surface area contributed by atoms with Gasteiger partial charge in [-0.1, -0.05) is 40.0 Å². The summed E-state index contributed by atoms with van der Waals surface area (Å²) in [5.74, 6) is 2.26. The fraction of sp³-hybridized carbons (Fsp3) is 0.217. The number of rotatable bonds is 1. The van der Waals surface area contributed by atoms with Gasteiger partial charge in [0.05, 0.1) is 17.9 Å². The molecule has 1 aromatic heterocycles. The number of fused-ring (bicyclic) bond motifs is 6. The molecule has 29 heavy (non-hydrogen) atoms. The summed E-state index contributed by atoms with van der Waals surface area (Å²) in [4.78, 5) is 33.6. The minimum Gasteiger partial charge on any atom is -0.355 e. The van der Waals surface area contributed by atoms with E-state index in [1.54, 1.807) is 9.80 Å². The maximum atomic E-state index is 14.0. The van der Waals surface area contributed by atoms with Crippen LogP contribution in [0.15, 0.2) is 46.9 Å². The topological polar surface area (TPSA) is 56.4 Å². The average molecular weight is 448 g/mol. The van der Waals surface area contributed by atoms with Crippen molar-refractivity contribution in [1.29, 1.82) is 0 Å². The van der Waals surface area contributed by atoms with Crippen LogP contribution < -0.4 is 4.90 Å². The molecule has 0 saturated carbocycles. The maximum Gasteiger partial charge on any atom is 0.264 e. The summed E-state index contributed by atoms with van der Waals surface area (Å²) >= 11 is 3.54. The SMILES string of the molecule is C#CCN1C(=O)[C@]2(c3cc(Br)ccc31)c1[nH]c3ccccc3c1CCN2C(C)=O. The molecule has 5 nitrogen and oxygen atoms in total. The first kappa shape index (κ1) is 18.0. The third-order valence-electron chi connectivity index (χ3n) is 5.99. The number of amides is 2. The molecule has 0 saturated heterocycles. The first-order valence-corrected chi connectivity index (χ1v) is 10.2. The zero-order valence-electron chi connectivity index (χ0n) is 15.8. The van der Waals surface area contributed by atoms with Crippen molar-refractivity contribution in [3.63, 3.8) is 0 Å². The number of aromatic amines is 1. The number of H-pyrrole nitrogens is 1. The number of anilines is 1. The summed E-state index contributed by atoms with van der Waals surface area (Å²) in [6.07, 6.45) is 6.27. The molecule has 2 amide bonds. The van der Waals surface area contributed by atoms with Gasteiger partial charge in [0.2, 0.25) is 5.91 Å². The summed E-state index contributed by atoms with van der Waals surface area (Å²) in [7, 11) is 0. The second-order valence-corrected chi connectivity index (χ2v) is 8.33. The molecule has 3 heterocycles. The molecule has 0 radical (unpaired) electrons. The van der Waals surface area contributed by atoms with Crippen molar-refractivity contribution in [1.82, 2.24) is 9.88 Å². The van der Waals surface area contributed by atoms with Gasteiger partial charge in [-0.2, -0.15) is 0 Å². The number of para-hydroxylation sites is 1. The minimum atomic E-state index is -1.24. The first-order valence-electron chi connectivity index (χ1n) is 9.44. The van der Waals surface area contributed by atoms with Gasteiger partial charge in [0.25, 0.3) is 5.91 Å². The Hall–Kier alpha value is -3.04. The summed E-state index contributed by atoms with van der Waals surface area (Å²) in [5, 5.41) is 1.09. The number of carbonyl (C=O) groups is 2. The second kappa shape index (κ2) is 6.23. The molecule has 2 aromatic carbocycles. The molecule has 6 heteroatoms. The molecule has 0 aliphatic carbocycles. The molecule has 144 valence electrons. The molecule has 5 rings (SSSR count). The number of nitrogens with zero attached hydrogens (tertiary/aromatic N) is 2. The van der Waals surface area contributed by atoms with Gasteiger partial charge in [0, 0.05) is 34.4 Å². The number of terminal acetylenes is 1. The summed E-state index contributed by atoms with van der Waals surface area (Å²) in [5.41, 5.74) is 3.09. The van der Waals surface area contributed by atoms with Gasteiger partial charge in [0.1, 0.15) is 0 Å². The predicted molar refractivity (Wildman–Crippen MR) is 115 cm³/mol. The Morgan fingerprint density at radius 3 is 2.86 bits per heavy atom. The summed E-state index contributed by atoms with van der Waals surface area (Å²) in [6, 6.07) is 13.7. The van der Waals surface area contributed by atoms with E-state index in [4.69, 9.17) is 6.42 Å². The van der Waals surface area contributed by atoms with Crippen LogP contribution in [0.1, 0.15) is 23.7 Å². The van der Waals surface area contributed by atoms with Crippen molar-refractivity contribution >= 4 is 44.3 Å². The molecular formula is C23H18BrN3O2. The van der Waals surface area contributed by atoms with E-state index in [0.29, 0.717) is 13.0 Å². The largest absolute Gasteiger partial charge is 0.355 e. The molecule has 0 unspecified atom stereocenters. The van der Waals surface area contributed by atoms with Crippen molar-refractivity contribution in [2.45, 2.75) is 18.9 Å². The van der Waals surface area contributed by atoms with E-state index in [0.717, 1.165) is 37.9 Å². The molecule has 2 aliphatic heterocycles. The van der Waals surface area contributed by atoms with Gasteiger partial charge in [-0.3, -0.25) is 14.5 Å². The number of hydrogen-bond donors (Lipinski definition) is 1. The van der Waals surface area contributed by atoms with E-state index >= 15 is 0 Å². The van der Waals surface area contributed by atoms with Crippen LogP contribution in [-0.2, 0) is 21.5 Å². The normalized spacial score (nSPS) is 20.1. The van der Waals surface area contributed by atoms with Crippen molar-refractivity contribution in [2.75, 3.05) is 18.0 Å². The summed E-state index contributed by atoms with van der Waals surface area (Å²) < 4.78 is 0.845. The molecule has 3 aromatic rings. The molecule has 1 atom stereocenters. The Morgan fingerprint density at radius 1 is 1.31 bits per heavy atom. The molecule has 1 spiro atoms. The number of halogens is 1. The van der Waals surface area contributed by atoms with Gasteiger partial charge in [-0.25, -0.2) is 0 Å². The highest BCUT2D eigenvalue weighted by Gasteiger charge is 2.60. The van der Waals surface area contributed by atoms with Crippen molar-refractivity contribution in [3.8, 4) is 12.3 Å². The number of hydrogen-bond acceptors (Lipinski definition) is 2. The third-order valence-corrected chi connectivity index (χ3v) is 6.48. The van der Waals surface area contributed by atoms with Crippen LogP contribution in [0.25, 0.3) is 10.9 Å². The smallest absolute Gasteiger partial charge is 0.264 e. The average Bonchev–Trinajstić information content (AvgIpc) is 3.19. The Kier molecular flexibility index (Phi) is 3.87. The van der Waals surface area contributed by atoms with Gasteiger partial charge in [-0.05, 0) is 36.2 Å². The highest BCUT2D eigenvalue weighted by Crippen LogP contribution is 2.52. The van der Waals surface area contributed by atoms with Gasteiger partial charge in [0.15, 0.2) is 5.54 Å². The lowest BCUT2D eigenvalue weighted by atomic mass is 9.80. The van der Waals surface area contributed by atoms with Gasteiger partial charge < -0.3 is 9.88 Å². The standard InChI is InChI=1S/C23H18BrN3O2/c1-3-11-26-20-9-8-15(24)13-18(20)23(22(26)29)21-17(10-12-27(23)14(2)28)16-6-4-5-7-19(16)25-21/h1,4-9,13,25H,10-12H2,2H3/t23-/m0/s1. The van der Waals surface area contributed by atoms with E-state index in [2.05, 4.69) is 32.9 Å². The number of nitrogens with one attached hydrogen (secondary N) is 1. The molecule has 0 bridgehead atoms. The van der Waals surface area contributed by atoms with Crippen molar-refractivity contribution < 1.29 is 9.59 Å². The van der Waals surface area contributed by atoms with E-state index in [-0.39, 0.29) is 18.4 Å². The van der Waals surface area contributed by atoms with E-state index < -0.39 is 5.54 Å². The van der Waals surface area contributed by atoms with Crippen LogP contribution in [0, 0.1) is 12.3 Å². The first-order chi connectivity index (χ1) is 14.0. The third kappa shape index (κ3) is 2.22. The number of benzene rings is 2. The number of carbonyl (C=O) groups excluding carboxylic acids is 2. The molecule has 0 fully saturated rings. The van der Waals surface area contributed by atoms with Crippen LogP contribution in [0.3, 0.4) is 0 Å². The minimum absolute atomic E-state index is 0.142. The Labute approximate surface area is 176 Å². The van der Waals surface area contributed by atoms with Crippen LogP contribution in [0.5, 0.6) is 0 Å². The van der Waals surface area contributed by atoms with Crippen LogP contribution in [0.2, 0.25) is 0 Å². The lowest BCUT2D eigenvalue weighted by Crippen LogP contribution is -2.58. The van der Waals surface area contributed by atoms with Gasteiger partial charge >= 0.3 is 0 Å². The number of aromatic nitrogens is 1. The Bertz CT molecular complexity index is 1240. The van der Waals surface area contributed by atoms with Crippen LogP contribution in [0.4, 0.5) is 5.69 Å². The fourth-order valence-corrected chi connectivity index (χ4v) is 5.25. The monoisotopic (exact) mass is 447 g/mol. The Morgan fingerprint density at radius 2 is 2.10 bits per heavy atom. The zero-order valence-corrected chi connectivity index (χ0v) is 17.4. The fourth-order valence-electron chi connectivity index (χ4n) is 4.89. The van der Waals surface area contributed by atoms with Gasteiger partial charge in [-0.15, -0.1) is 6.42 Å². The second-order valence-electron chi connectivity index (χ2n) is 7.41. The highest BCUT2D eigenvalue weighted by molar-refractivity contribution is 9.10. The quantitative estimate of drug-likeness (QED) is 0.579. The lowest BCUT2D eigenvalue weighted by molar-refractivity contribution is -0.143. The molecule has 2 aliphatic rings. The van der Waals surface area contributed by atoms with Crippen LogP contribution >= 0.6 is 15.9 Å². The van der Waals surface area contributed by atoms with E-state index in [1.807, 2.05) is 36.4 Å². The molecule has 1 N–H and O–H groups in total. The van der Waals surface area contributed by atoms with E-state index in [9.17, 15) is 9.59 Å². The maximum absolute atomic E-state index is 14.0. The Balaban J connectivity index is 1.91. The zero-order chi connectivity index (χ0) is 20.3. The lowest BCUT2D eigenvalue weighted by Gasteiger charge is -2.43. The van der Waals surface area contributed by atoms with Crippen molar-refractivity contribution in [2.24, 2.45) is 0 Å². The van der Waals surface area contributed by atoms with Crippen LogP contribution in [-0.4, -0.2) is 34.8 Å². The van der Waals surface area contributed by atoms with Crippen molar-refractivity contribution in [3.05, 3.63) is 63.8 Å². The summed E-state index contributed by atoms with van der Waals surface area (Å²) in [6.45, 7) is 2.13. The van der Waals surface area contributed by atoms with E-state index in [1.165, 1.54) is 6.92 Å². The predicted octanol–water partition coefficient (Wildman–Crippen LogP) is 3.56. The highest BCUT2D eigenvalue weighted by atomic mass is 79.9. The molecular weight excluding hydrogens is 430 g/mol.